The number of carbonyl (C=O) groups is 2. The molecule has 6 nitrogen and oxygen atoms in total. The van der Waals surface area contributed by atoms with Crippen molar-refractivity contribution in [3.8, 4) is 11.5 Å². The first-order chi connectivity index (χ1) is 13.3. The fourth-order valence-corrected chi connectivity index (χ4v) is 4.10. The van der Waals surface area contributed by atoms with Crippen molar-refractivity contribution in [1.29, 1.82) is 0 Å². The molecule has 1 aliphatic rings. The molecule has 0 radical (unpaired) electrons. The van der Waals surface area contributed by atoms with Gasteiger partial charge in [0.05, 0.1) is 30.6 Å². The average molecular weight is 423 g/mol. The number of benzene rings is 1. The molecule has 0 aromatic heterocycles. The number of hydrogen-bond acceptors (Lipinski definition) is 7. The number of ether oxygens (including phenoxy) is 2. The lowest BCUT2D eigenvalue weighted by molar-refractivity contribution is -0.311. The van der Waals surface area contributed by atoms with E-state index >= 15 is 0 Å². The highest BCUT2D eigenvalue weighted by Gasteiger charge is 2.39. The molecule has 0 bridgehead atoms. The number of carboxylic acids is 1. The molecule has 152 valence electrons. The van der Waals surface area contributed by atoms with Gasteiger partial charge in [0, 0.05) is 0 Å². The molecule has 1 aromatic rings. The van der Waals surface area contributed by atoms with Crippen molar-refractivity contribution in [2.24, 2.45) is 5.92 Å². The predicted molar refractivity (Wildman–Crippen MR) is 112 cm³/mol. The topological polar surface area (TPSA) is 78.9 Å². The Morgan fingerprint density at radius 3 is 2.64 bits per heavy atom. The third kappa shape index (κ3) is 5.05. The summed E-state index contributed by atoms with van der Waals surface area (Å²) in [5.74, 6) is -0.873. The quantitative estimate of drug-likeness (QED) is 0.344. The SMILES string of the molecule is CCCCOc1ccc(/C=C2/SC(=S)N([C@@H](C(=O)[O-])C(C)C)C2=O)cc1OC. The molecule has 0 N–H and O–H groups in total. The Hall–Kier alpha value is -2.06. The van der Waals surface area contributed by atoms with Gasteiger partial charge in [-0.25, -0.2) is 0 Å². The Balaban J connectivity index is 2.27. The van der Waals surface area contributed by atoms with E-state index in [1.54, 1.807) is 39.2 Å². The summed E-state index contributed by atoms with van der Waals surface area (Å²) in [6, 6.07) is 4.28. The highest BCUT2D eigenvalue weighted by molar-refractivity contribution is 8.26. The smallest absolute Gasteiger partial charge is 0.266 e. The molecule has 0 unspecified atom stereocenters. The van der Waals surface area contributed by atoms with E-state index in [1.165, 1.54) is 0 Å². The number of nitrogens with zero attached hydrogens (tertiary/aromatic N) is 1. The molecule has 1 atom stereocenters. The summed E-state index contributed by atoms with van der Waals surface area (Å²) < 4.78 is 11.3. The molecule has 1 saturated heterocycles. The maximum atomic E-state index is 12.8. The molecule has 1 heterocycles. The Kier molecular flexibility index (Phi) is 7.88. The van der Waals surface area contributed by atoms with E-state index in [2.05, 4.69) is 6.92 Å². The second-order valence-corrected chi connectivity index (χ2v) is 8.35. The summed E-state index contributed by atoms with van der Waals surface area (Å²) in [4.78, 5) is 25.7. The van der Waals surface area contributed by atoms with Crippen LogP contribution in [0.15, 0.2) is 23.1 Å². The number of hydrogen-bond donors (Lipinski definition) is 0. The van der Waals surface area contributed by atoms with Crippen LogP contribution in [-0.4, -0.2) is 40.9 Å². The Bertz CT molecular complexity index is 791. The van der Waals surface area contributed by atoms with Gasteiger partial charge in [-0.05, 0) is 36.1 Å². The van der Waals surface area contributed by atoms with Crippen LogP contribution in [0.5, 0.6) is 11.5 Å². The Morgan fingerprint density at radius 2 is 2.07 bits per heavy atom. The number of unbranched alkanes of at least 4 members (excludes halogenated alkanes) is 1. The number of aliphatic carboxylic acids is 1. The number of thiocarbonyl (C=S) groups is 1. The van der Waals surface area contributed by atoms with Crippen LogP contribution in [0.4, 0.5) is 0 Å². The fraction of sp³-hybridized carbons (Fsp3) is 0.450. The average Bonchev–Trinajstić information content (AvgIpc) is 2.90. The van der Waals surface area contributed by atoms with Crippen LogP contribution in [0.1, 0.15) is 39.2 Å². The first kappa shape index (κ1) is 22.2. The van der Waals surface area contributed by atoms with Gasteiger partial charge in [-0.2, -0.15) is 0 Å². The molecule has 0 saturated carbocycles. The highest BCUT2D eigenvalue weighted by atomic mass is 32.2. The minimum absolute atomic E-state index is 0.214. The lowest BCUT2D eigenvalue weighted by Gasteiger charge is -2.30. The van der Waals surface area contributed by atoms with Gasteiger partial charge in [-0.3, -0.25) is 9.69 Å². The maximum absolute atomic E-state index is 12.8. The van der Waals surface area contributed by atoms with Crippen molar-refractivity contribution in [2.45, 2.75) is 39.7 Å². The largest absolute Gasteiger partial charge is 0.548 e. The number of carboxylic acid groups (broad SMARTS) is 1. The zero-order chi connectivity index (χ0) is 20.8. The zero-order valence-electron chi connectivity index (χ0n) is 16.4. The normalized spacial score (nSPS) is 16.8. The summed E-state index contributed by atoms with van der Waals surface area (Å²) in [7, 11) is 1.55. The molecule has 1 fully saturated rings. The highest BCUT2D eigenvalue weighted by Crippen LogP contribution is 2.36. The van der Waals surface area contributed by atoms with E-state index < -0.39 is 17.9 Å². The molecule has 8 heteroatoms. The van der Waals surface area contributed by atoms with Crippen molar-refractivity contribution in [2.75, 3.05) is 13.7 Å². The van der Waals surface area contributed by atoms with Crippen molar-refractivity contribution in [3.05, 3.63) is 28.7 Å². The summed E-state index contributed by atoms with van der Waals surface area (Å²) in [5, 5.41) is 11.5. The van der Waals surface area contributed by atoms with E-state index in [0.717, 1.165) is 35.1 Å². The number of rotatable bonds is 9. The number of amides is 1. The van der Waals surface area contributed by atoms with E-state index in [9.17, 15) is 14.7 Å². The van der Waals surface area contributed by atoms with Gasteiger partial charge in [0.2, 0.25) is 0 Å². The Labute approximate surface area is 174 Å². The number of carbonyl (C=O) groups excluding carboxylic acids is 2. The van der Waals surface area contributed by atoms with Crippen LogP contribution in [0.2, 0.25) is 0 Å². The first-order valence-corrected chi connectivity index (χ1v) is 10.3. The summed E-state index contributed by atoms with van der Waals surface area (Å²) in [6.45, 7) is 6.12. The molecule has 1 aromatic carbocycles. The van der Waals surface area contributed by atoms with Gasteiger partial charge in [-0.1, -0.05) is 57.2 Å². The second kappa shape index (κ2) is 9.93. The standard InChI is InChI=1S/C20H25NO5S2/c1-5-6-9-26-14-8-7-13(10-15(14)25-4)11-16-18(22)21(20(27)28-16)17(12(2)3)19(23)24/h7-8,10-12,17H,5-6,9H2,1-4H3,(H,23,24)/p-1/b16-11+/t17-/m1/s1. The van der Waals surface area contributed by atoms with Crippen molar-refractivity contribution in [3.63, 3.8) is 0 Å². The van der Waals surface area contributed by atoms with Gasteiger partial charge in [0.25, 0.3) is 5.91 Å². The van der Waals surface area contributed by atoms with Crippen LogP contribution in [0.3, 0.4) is 0 Å². The van der Waals surface area contributed by atoms with Gasteiger partial charge in [0.15, 0.2) is 11.5 Å². The molecule has 1 amide bonds. The van der Waals surface area contributed by atoms with Crippen molar-refractivity contribution >= 4 is 46.3 Å². The molecule has 0 aliphatic carbocycles. The minimum Gasteiger partial charge on any atom is -0.548 e. The molecule has 1 aliphatic heterocycles. The van der Waals surface area contributed by atoms with E-state index in [0.29, 0.717) is 23.0 Å². The lowest BCUT2D eigenvalue weighted by Crippen LogP contribution is -2.52. The van der Waals surface area contributed by atoms with Crippen LogP contribution in [-0.2, 0) is 9.59 Å². The van der Waals surface area contributed by atoms with Crippen LogP contribution in [0.25, 0.3) is 6.08 Å². The van der Waals surface area contributed by atoms with Crippen LogP contribution < -0.4 is 14.6 Å². The molecular formula is C20H24NO5S2-. The van der Waals surface area contributed by atoms with Crippen molar-refractivity contribution in [1.82, 2.24) is 4.90 Å². The molecule has 28 heavy (non-hydrogen) atoms. The van der Waals surface area contributed by atoms with E-state index in [4.69, 9.17) is 21.7 Å². The van der Waals surface area contributed by atoms with Crippen molar-refractivity contribution < 1.29 is 24.2 Å². The summed E-state index contributed by atoms with van der Waals surface area (Å²) >= 11 is 6.33. The van der Waals surface area contributed by atoms with Crippen LogP contribution in [0, 0.1) is 5.92 Å². The van der Waals surface area contributed by atoms with E-state index in [1.807, 2.05) is 6.07 Å². The van der Waals surface area contributed by atoms with E-state index in [-0.39, 0.29) is 10.2 Å². The first-order valence-electron chi connectivity index (χ1n) is 9.08. The molecular weight excluding hydrogens is 398 g/mol. The maximum Gasteiger partial charge on any atom is 0.266 e. The third-order valence-electron chi connectivity index (χ3n) is 4.22. The fourth-order valence-electron chi connectivity index (χ4n) is 2.77. The molecule has 0 spiro atoms. The second-order valence-electron chi connectivity index (χ2n) is 6.67. The van der Waals surface area contributed by atoms with Gasteiger partial charge in [0.1, 0.15) is 4.32 Å². The number of methoxy groups -OCH3 is 1. The minimum atomic E-state index is -1.32. The number of thioether (sulfide) groups is 1. The third-order valence-corrected chi connectivity index (χ3v) is 5.55. The monoisotopic (exact) mass is 422 g/mol. The predicted octanol–water partition coefficient (Wildman–Crippen LogP) is 2.85. The lowest BCUT2D eigenvalue weighted by atomic mass is 10.0. The summed E-state index contributed by atoms with van der Waals surface area (Å²) in [5.41, 5.74) is 0.731. The summed E-state index contributed by atoms with van der Waals surface area (Å²) in [6.07, 6.45) is 3.65. The van der Waals surface area contributed by atoms with Crippen LogP contribution >= 0.6 is 24.0 Å². The van der Waals surface area contributed by atoms with Gasteiger partial charge in [-0.15, -0.1) is 0 Å². The zero-order valence-corrected chi connectivity index (χ0v) is 18.0. The van der Waals surface area contributed by atoms with Gasteiger partial charge >= 0.3 is 0 Å². The molecule has 2 rings (SSSR count). The Morgan fingerprint density at radius 1 is 1.36 bits per heavy atom. The van der Waals surface area contributed by atoms with Gasteiger partial charge < -0.3 is 19.4 Å².